The highest BCUT2D eigenvalue weighted by molar-refractivity contribution is 5.85. The summed E-state index contributed by atoms with van der Waals surface area (Å²) < 4.78 is 5.73. The van der Waals surface area contributed by atoms with Crippen LogP contribution in [0.3, 0.4) is 0 Å². The summed E-state index contributed by atoms with van der Waals surface area (Å²) in [6.07, 6.45) is 2.84. The Kier molecular flexibility index (Phi) is 9.13. The van der Waals surface area contributed by atoms with Crippen LogP contribution in [0.2, 0.25) is 0 Å². The molecule has 2 fully saturated rings. The molecule has 2 N–H and O–H groups in total. The Morgan fingerprint density at radius 1 is 1.44 bits per heavy atom. The standard InChI is InChI=1S/C16H27N5O2.2ClH/c1-11(13-4-3-5-17-9-13)8-15(22)21-6-7-23-14(10-21)16-18-12(2)19-20-16;;/h11,13-14,17H,3-10H2,1-2H3,(H,18,19,20);2*1H. The van der Waals surface area contributed by atoms with Crippen LogP contribution in [0.25, 0.3) is 0 Å². The third kappa shape index (κ3) is 5.81. The molecule has 3 unspecified atom stereocenters. The first-order valence-corrected chi connectivity index (χ1v) is 8.62. The minimum absolute atomic E-state index is 0. The maximum Gasteiger partial charge on any atom is 0.223 e. The molecule has 9 heteroatoms. The molecule has 1 aromatic heterocycles. The van der Waals surface area contributed by atoms with Crippen LogP contribution in [0.5, 0.6) is 0 Å². The molecule has 3 heterocycles. The van der Waals surface area contributed by atoms with Gasteiger partial charge in [0.05, 0.1) is 13.2 Å². The summed E-state index contributed by atoms with van der Waals surface area (Å²) in [7, 11) is 0. The SMILES string of the molecule is Cc1nc(C2CN(C(=O)CC(C)C3CCCNC3)CCO2)n[nH]1.Cl.Cl. The fourth-order valence-corrected chi connectivity index (χ4v) is 3.47. The molecule has 0 spiro atoms. The Morgan fingerprint density at radius 2 is 2.24 bits per heavy atom. The number of halogens is 2. The molecule has 25 heavy (non-hydrogen) atoms. The molecular formula is C16H29Cl2N5O2. The number of amides is 1. The van der Waals surface area contributed by atoms with Gasteiger partial charge in [-0.1, -0.05) is 6.92 Å². The second-order valence-electron chi connectivity index (χ2n) is 6.77. The topological polar surface area (TPSA) is 83.1 Å². The predicted octanol–water partition coefficient (Wildman–Crippen LogP) is 1.88. The van der Waals surface area contributed by atoms with Crippen LogP contribution < -0.4 is 5.32 Å². The highest BCUT2D eigenvalue weighted by atomic mass is 35.5. The lowest BCUT2D eigenvalue weighted by Gasteiger charge is -2.34. The third-order valence-corrected chi connectivity index (χ3v) is 4.96. The lowest BCUT2D eigenvalue weighted by Crippen LogP contribution is -2.44. The number of aryl methyl sites for hydroxylation is 1. The van der Waals surface area contributed by atoms with Gasteiger partial charge >= 0.3 is 0 Å². The van der Waals surface area contributed by atoms with Crippen LogP contribution in [0, 0.1) is 18.8 Å². The van der Waals surface area contributed by atoms with Gasteiger partial charge in [-0.3, -0.25) is 9.89 Å². The second-order valence-corrected chi connectivity index (χ2v) is 6.77. The number of piperidine rings is 1. The summed E-state index contributed by atoms with van der Waals surface area (Å²) in [4.78, 5) is 18.9. The van der Waals surface area contributed by atoms with Crippen molar-refractivity contribution in [3.8, 4) is 0 Å². The minimum atomic E-state index is -0.218. The summed E-state index contributed by atoms with van der Waals surface area (Å²) in [6, 6.07) is 0. The first-order valence-electron chi connectivity index (χ1n) is 8.62. The molecule has 3 atom stereocenters. The van der Waals surface area contributed by atoms with E-state index in [2.05, 4.69) is 27.4 Å². The first-order chi connectivity index (χ1) is 11.1. The maximum absolute atomic E-state index is 12.6. The van der Waals surface area contributed by atoms with Gasteiger partial charge in [0.15, 0.2) is 5.82 Å². The number of nitrogens with zero attached hydrogens (tertiary/aromatic N) is 3. The van der Waals surface area contributed by atoms with Gasteiger partial charge in [-0.05, 0) is 44.7 Å². The number of carbonyl (C=O) groups excluding carboxylic acids is 1. The number of hydrogen-bond acceptors (Lipinski definition) is 5. The van der Waals surface area contributed by atoms with E-state index in [9.17, 15) is 4.79 Å². The van der Waals surface area contributed by atoms with E-state index >= 15 is 0 Å². The molecule has 7 nitrogen and oxygen atoms in total. The summed E-state index contributed by atoms with van der Waals surface area (Å²) in [5.41, 5.74) is 0. The second kappa shape index (κ2) is 10.3. The average Bonchev–Trinajstić information content (AvgIpc) is 3.02. The van der Waals surface area contributed by atoms with E-state index < -0.39 is 0 Å². The summed E-state index contributed by atoms with van der Waals surface area (Å²) >= 11 is 0. The maximum atomic E-state index is 12.6. The monoisotopic (exact) mass is 393 g/mol. The molecule has 2 aliphatic heterocycles. The van der Waals surface area contributed by atoms with Crippen LogP contribution in [0.15, 0.2) is 0 Å². The van der Waals surface area contributed by atoms with E-state index in [1.807, 2.05) is 11.8 Å². The third-order valence-electron chi connectivity index (χ3n) is 4.96. The molecule has 2 saturated heterocycles. The molecule has 0 aromatic carbocycles. The number of aromatic nitrogens is 3. The van der Waals surface area contributed by atoms with Crippen molar-refractivity contribution in [2.75, 3.05) is 32.8 Å². The first kappa shape index (κ1) is 22.2. The zero-order valence-corrected chi connectivity index (χ0v) is 16.5. The van der Waals surface area contributed by atoms with E-state index in [-0.39, 0.29) is 36.8 Å². The highest BCUT2D eigenvalue weighted by Gasteiger charge is 2.30. The van der Waals surface area contributed by atoms with Crippen LogP contribution in [-0.2, 0) is 9.53 Å². The fourth-order valence-electron chi connectivity index (χ4n) is 3.47. The lowest BCUT2D eigenvalue weighted by atomic mass is 9.85. The quantitative estimate of drug-likeness (QED) is 0.815. The summed E-state index contributed by atoms with van der Waals surface area (Å²) in [5, 5.41) is 10.4. The van der Waals surface area contributed by atoms with Gasteiger partial charge in [-0.25, -0.2) is 4.98 Å². The van der Waals surface area contributed by atoms with Crippen LogP contribution in [0.4, 0.5) is 0 Å². The molecule has 1 aromatic rings. The number of rotatable bonds is 4. The van der Waals surface area contributed by atoms with Crippen LogP contribution in [0.1, 0.15) is 43.9 Å². The molecule has 3 rings (SSSR count). The Balaban J connectivity index is 0.00000156. The van der Waals surface area contributed by atoms with Crippen molar-refractivity contribution in [3.05, 3.63) is 11.6 Å². The Hall–Kier alpha value is -0.890. The molecule has 0 aliphatic carbocycles. The van der Waals surface area contributed by atoms with Crippen molar-refractivity contribution in [1.82, 2.24) is 25.4 Å². The smallest absolute Gasteiger partial charge is 0.223 e. The Labute approximate surface area is 161 Å². The summed E-state index contributed by atoms with van der Waals surface area (Å²) in [5.74, 6) is 2.67. The van der Waals surface area contributed by atoms with Crippen LogP contribution >= 0.6 is 24.8 Å². The Bertz CT molecular complexity index is 536. The van der Waals surface area contributed by atoms with Gasteiger partial charge in [-0.2, -0.15) is 5.10 Å². The van der Waals surface area contributed by atoms with E-state index in [4.69, 9.17) is 4.74 Å². The highest BCUT2D eigenvalue weighted by Crippen LogP contribution is 2.25. The van der Waals surface area contributed by atoms with Crippen molar-refractivity contribution < 1.29 is 9.53 Å². The van der Waals surface area contributed by atoms with E-state index in [0.29, 0.717) is 43.8 Å². The van der Waals surface area contributed by atoms with Crippen molar-refractivity contribution in [1.29, 1.82) is 0 Å². The normalized spacial score (nSPS) is 24.8. The minimum Gasteiger partial charge on any atom is -0.366 e. The van der Waals surface area contributed by atoms with Crippen molar-refractivity contribution >= 4 is 30.7 Å². The molecule has 2 aliphatic rings. The van der Waals surface area contributed by atoms with E-state index in [0.717, 1.165) is 18.9 Å². The molecule has 144 valence electrons. The predicted molar refractivity (Wildman–Crippen MR) is 100 cm³/mol. The van der Waals surface area contributed by atoms with Crippen molar-refractivity contribution in [2.45, 2.75) is 39.2 Å². The van der Waals surface area contributed by atoms with Gasteiger partial charge < -0.3 is 15.0 Å². The zero-order valence-electron chi connectivity index (χ0n) is 14.9. The molecular weight excluding hydrogens is 365 g/mol. The molecule has 0 radical (unpaired) electrons. The van der Waals surface area contributed by atoms with Crippen molar-refractivity contribution in [2.24, 2.45) is 11.8 Å². The average molecular weight is 394 g/mol. The number of carbonyl (C=O) groups is 1. The van der Waals surface area contributed by atoms with Gasteiger partial charge in [0, 0.05) is 13.0 Å². The van der Waals surface area contributed by atoms with Gasteiger partial charge in [0.25, 0.3) is 0 Å². The largest absolute Gasteiger partial charge is 0.366 e. The molecule has 0 saturated carbocycles. The number of nitrogens with one attached hydrogen (secondary N) is 2. The van der Waals surface area contributed by atoms with Gasteiger partial charge in [0.1, 0.15) is 11.9 Å². The fraction of sp³-hybridized carbons (Fsp3) is 0.812. The zero-order chi connectivity index (χ0) is 16.2. The number of ether oxygens (including phenoxy) is 1. The van der Waals surface area contributed by atoms with Gasteiger partial charge in [-0.15, -0.1) is 24.8 Å². The van der Waals surface area contributed by atoms with Crippen LogP contribution in [-0.4, -0.2) is 58.8 Å². The van der Waals surface area contributed by atoms with Gasteiger partial charge in [0.2, 0.25) is 5.91 Å². The lowest BCUT2D eigenvalue weighted by molar-refractivity contribution is -0.140. The number of aromatic amines is 1. The molecule has 1 amide bonds. The Morgan fingerprint density at radius 3 is 2.88 bits per heavy atom. The summed E-state index contributed by atoms with van der Waals surface area (Å²) in [6.45, 7) is 7.97. The van der Waals surface area contributed by atoms with E-state index in [1.165, 1.54) is 12.8 Å². The van der Waals surface area contributed by atoms with E-state index in [1.54, 1.807) is 0 Å². The molecule has 0 bridgehead atoms. The number of hydrogen-bond donors (Lipinski definition) is 2. The number of morpholine rings is 1. The number of H-pyrrole nitrogens is 1. The van der Waals surface area contributed by atoms with Crippen molar-refractivity contribution in [3.63, 3.8) is 0 Å².